The molecule has 1 N–H and O–H groups in total. The molecule has 0 bridgehead atoms. The summed E-state index contributed by atoms with van der Waals surface area (Å²) in [7, 11) is 1.43. The number of ether oxygens (including phenoxy) is 1. The predicted molar refractivity (Wildman–Crippen MR) is 90.8 cm³/mol. The maximum absolute atomic E-state index is 11.5. The first-order valence-electron chi connectivity index (χ1n) is 7.04. The van der Waals surface area contributed by atoms with Crippen LogP contribution in [0.25, 0.3) is 5.57 Å². The zero-order chi connectivity index (χ0) is 16.1. The monoisotopic (exact) mass is 296 g/mol. The van der Waals surface area contributed by atoms with E-state index in [9.17, 15) is 4.79 Å². The second kappa shape index (κ2) is 6.89. The molecule has 0 radical (unpaired) electrons. The molecule has 1 aliphatic carbocycles. The summed E-state index contributed by atoms with van der Waals surface area (Å²) in [6.45, 7) is 7.34. The van der Waals surface area contributed by atoms with Crippen LogP contribution in [-0.4, -0.2) is 19.7 Å². The lowest BCUT2D eigenvalue weighted by atomic mass is 10.0. The van der Waals surface area contributed by atoms with Crippen LogP contribution in [0.4, 0.5) is 5.69 Å². The molecule has 0 saturated carbocycles. The second-order valence-corrected chi connectivity index (χ2v) is 5.23. The number of methoxy groups -OCH3 is 1. The first-order chi connectivity index (χ1) is 10.5. The highest BCUT2D eigenvalue weighted by atomic mass is 16.5. The van der Waals surface area contributed by atoms with Gasteiger partial charge in [0, 0.05) is 11.9 Å². The number of aryl methyl sites for hydroxylation is 1. The zero-order valence-corrected chi connectivity index (χ0v) is 13.1. The molecule has 0 atom stereocenters. The van der Waals surface area contributed by atoms with Crippen LogP contribution in [-0.2, 0) is 9.53 Å². The maximum atomic E-state index is 11.5. The lowest BCUT2D eigenvalue weighted by molar-refractivity contribution is -0.117. The van der Waals surface area contributed by atoms with Crippen molar-refractivity contribution < 1.29 is 9.53 Å². The van der Waals surface area contributed by atoms with Crippen molar-refractivity contribution in [2.45, 2.75) is 20.3 Å². The normalized spacial score (nSPS) is 14.2. The first kappa shape index (κ1) is 15.8. The Kier molecular flexibility index (Phi) is 4.94. The number of allylic oxidation sites excluding steroid dienone is 4. The van der Waals surface area contributed by atoms with E-state index in [4.69, 9.17) is 4.74 Å². The topological polar surface area (TPSA) is 50.7 Å². The summed E-state index contributed by atoms with van der Waals surface area (Å²) in [5, 5.41) is 3.11. The number of nitrogens with one attached hydrogen (secondary N) is 1. The van der Waals surface area contributed by atoms with E-state index >= 15 is 0 Å². The maximum Gasteiger partial charge on any atom is 0.312 e. The van der Waals surface area contributed by atoms with Gasteiger partial charge in [-0.2, -0.15) is 0 Å². The van der Waals surface area contributed by atoms with Gasteiger partial charge < -0.3 is 10.1 Å². The number of nitrogens with zero attached hydrogens (tertiary/aromatic N) is 1. The van der Waals surface area contributed by atoms with Crippen molar-refractivity contribution in [3.8, 4) is 0 Å². The second-order valence-electron chi connectivity index (χ2n) is 5.23. The minimum Gasteiger partial charge on any atom is -0.490 e. The minimum atomic E-state index is -0.498. The molecular weight excluding hydrogens is 276 g/mol. The average molecular weight is 296 g/mol. The van der Waals surface area contributed by atoms with Crippen molar-refractivity contribution in [1.82, 2.24) is 0 Å². The smallest absolute Gasteiger partial charge is 0.312 e. The molecule has 0 unspecified atom stereocenters. The molecule has 0 fully saturated rings. The van der Waals surface area contributed by atoms with Crippen LogP contribution in [0.3, 0.4) is 0 Å². The SMILES string of the molecule is C=NC(=O)/C(=C\Nc1cc(C2=CC=C(C)C2)ccc1C)OC. The van der Waals surface area contributed by atoms with Gasteiger partial charge in [-0.15, -0.1) is 0 Å². The molecule has 22 heavy (non-hydrogen) atoms. The molecule has 0 spiro atoms. The van der Waals surface area contributed by atoms with Crippen LogP contribution in [0.2, 0.25) is 0 Å². The fourth-order valence-corrected chi connectivity index (χ4v) is 2.27. The molecule has 114 valence electrons. The van der Waals surface area contributed by atoms with Crippen LogP contribution in [0.1, 0.15) is 24.5 Å². The van der Waals surface area contributed by atoms with Crippen molar-refractivity contribution in [3.63, 3.8) is 0 Å². The van der Waals surface area contributed by atoms with E-state index in [1.54, 1.807) is 0 Å². The number of amides is 1. The summed E-state index contributed by atoms with van der Waals surface area (Å²) < 4.78 is 5.00. The summed E-state index contributed by atoms with van der Waals surface area (Å²) in [4.78, 5) is 14.8. The number of carbonyl (C=O) groups excluding carboxylic acids is 1. The average Bonchev–Trinajstić information content (AvgIpc) is 2.95. The third kappa shape index (κ3) is 3.52. The van der Waals surface area contributed by atoms with Crippen molar-refractivity contribution in [3.05, 3.63) is 59.0 Å². The van der Waals surface area contributed by atoms with Gasteiger partial charge in [0.1, 0.15) is 0 Å². The van der Waals surface area contributed by atoms with Crippen LogP contribution in [0.5, 0.6) is 0 Å². The van der Waals surface area contributed by atoms with Crippen molar-refractivity contribution in [2.75, 3.05) is 12.4 Å². The molecule has 0 saturated heterocycles. The highest BCUT2D eigenvalue weighted by molar-refractivity contribution is 5.94. The van der Waals surface area contributed by atoms with Gasteiger partial charge in [0.15, 0.2) is 0 Å². The van der Waals surface area contributed by atoms with Crippen LogP contribution in [0.15, 0.2) is 52.9 Å². The number of rotatable bonds is 5. The Morgan fingerprint density at radius 1 is 1.36 bits per heavy atom. The third-order valence-electron chi connectivity index (χ3n) is 3.58. The summed E-state index contributed by atoms with van der Waals surface area (Å²) in [5.41, 5.74) is 5.82. The van der Waals surface area contributed by atoms with Gasteiger partial charge in [0.05, 0.1) is 7.11 Å². The number of hydrogen-bond acceptors (Lipinski definition) is 3. The molecule has 1 amide bonds. The lowest BCUT2D eigenvalue weighted by Gasteiger charge is -2.11. The molecule has 4 heteroatoms. The Balaban J connectivity index is 2.22. The van der Waals surface area contributed by atoms with E-state index < -0.39 is 5.91 Å². The molecule has 0 heterocycles. The van der Waals surface area contributed by atoms with Crippen LogP contribution >= 0.6 is 0 Å². The largest absolute Gasteiger partial charge is 0.490 e. The first-order valence-corrected chi connectivity index (χ1v) is 7.04. The summed E-state index contributed by atoms with van der Waals surface area (Å²) >= 11 is 0. The zero-order valence-electron chi connectivity index (χ0n) is 13.1. The quantitative estimate of drug-likeness (QED) is 0.510. The Morgan fingerprint density at radius 3 is 2.73 bits per heavy atom. The lowest BCUT2D eigenvalue weighted by Crippen LogP contribution is -2.04. The number of anilines is 1. The highest BCUT2D eigenvalue weighted by Crippen LogP contribution is 2.30. The molecule has 2 rings (SSSR count). The molecule has 0 aliphatic heterocycles. The molecular formula is C18H20N2O2. The van der Waals surface area contributed by atoms with E-state index in [2.05, 4.69) is 54.3 Å². The summed E-state index contributed by atoms with van der Waals surface area (Å²) in [6.07, 6.45) is 6.77. The van der Waals surface area contributed by atoms with E-state index in [0.29, 0.717) is 0 Å². The van der Waals surface area contributed by atoms with Gasteiger partial charge in [0.25, 0.3) is 0 Å². The predicted octanol–water partition coefficient (Wildman–Crippen LogP) is 3.86. The Morgan fingerprint density at radius 2 is 2.14 bits per heavy atom. The van der Waals surface area contributed by atoms with E-state index in [0.717, 1.165) is 17.7 Å². The molecule has 1 aromatic rings. The summed E-state index contributed by atoms with van der Waals surface area (Å²) in [6, 6.07) is 6.24. The third-order valence-corrected chi connectivity index (χ3v) is 3.58. The van der Waals surface area contributed by atoms with E-state index in [1.807, 2.05) is 6.92 Å². The van der Waals surface area contributed by atoms with Gasteiger partial charge in [-0.3, -0.25) is 4.79 Å². The van der Waals surface area contributed by atoms with Crippen LogP contribution in [0, 0.1) is 6.92 Å². The van der Waals surface area contributed by atoms with E-state index in [-0.39, 0.29) is 5.76 Å². The highest BCUT2D eigenvalue weighted by Gasteiger charge is 2.10. The fraction of sp³-hybridized carbons (Fsp3) is 0.222. The molecule has 1 aromatic carbocycles. The van der Waals surface area contributed by atoms with Crippen LogP contribution < -0.4 is 5.32 Å². The summed E-state index contributed by atoms with van der Waals surface area (Å²) in [5.74, 6) is -0.375. The van der Waals surface area contributed by atoms with Crippen molar-refractivity contribution >= 4 is 23.9 Å². The van der Waals surface area contributed by atoms with Gasteiger partial charge in [0.2, 0.25) is 5.76 Å². The van der Waals surface area contributed by atoms with Gasteiger partial charge in [-0.1, -0.05) is 29.9 Å². The number of hydrogen-bond donors (Lipinski definition) is 1. The van der Waals surface area contributed by atoms with Gasteiger partial charge in [-0.05, 0) is 49.8 Å². The molecule has 1 aliphatic rings. The number of aliphatic imine (C=N–C) groups is 1. The number of carbonyl (C=O) groups is 1. The van der Waals surface area contributed by atoms with Crippen molar-refractivity contribution in [2.24, 2.45) is 4.99 Å². The fourth-order valence-electron chi connectivity index (χ4n) is 2.27. The Labute approximate surface area is 130 Å². The molecule has 4 nitrogen and oxygen atoms in total. The molecule has 0 aromatic heterocycles. The van der Waals surface area contributed by atoms with Crippen molar-refractivity contribution in [1.29, 1.82) is 0 Å². The van der Waals surface area contributed by atoms with Gasteiger partial charge >= 0.3 is 5.91 Å². The van der Waals surface area contributed by atoms with E-state index in [1.165, 1.54) is 30.0 Å². The minimum absolute atomic E-state index is 0.123. The number of benzene rings is 1. The Bertz CT molecular complexity index is 697. The van der Waals surface area contributed by atoms with Gasteiger partial charge in [-0.25, -0.2) is 4.99 Å². The Hall–Kier alpha value is -2.62. The standard InChI is InChI=1S/C18H20N2O2/c1-12-5-7-14(9-12)15-8-6-13(2)16(10-15)20-11-17(22-4)18(21)19-3/h5-8,10-11,20H,3,9H2,1-2,4H3/b17-11+.